The molecule has 82 valence electrons. The molecule has 1 heterocycles. The highest BCUT2D eigenvalue weighted by molar-refractivity contribution is 5.48. The second-order valence-corrected chi connectivity index (χ2v) is 4.55. The van der Waals surface area contributed by atoms with Gasteiger partial charge in [-0.25, -0.2) is 9.97 Å². The van der Waals surface area contributed by atoms with Crippen molar-refractivity contribution in [3.05, 3.63) is 17.1 Å². The third kappa shape index (κ3) is 2.28. The van der Waals surface area contributed by atoms with Crippen molar-refractivity contribution in [2.75, 3.05) is 5.32 Å². The molecule has 1 N–H and O–H groups in total. The van der Waals surface area contributed by atoms with Crippen LogP contribution in [0.4, 0.5) is 5.82 Å². The van der Waals surface area contributed by atoms with Crippen LogP contribution in [0.15, 0.2) is 0 Å². The van der Waals surface area contributed by atoms with E-state index in [9.17, 15) is 0 Å². The monoisotopic (exact) mass is 205 g/mol. The molecule has 0 aromatic carbocycles. The SMILES string of the molecule is Cc1nc2c(c(NC(C)C)n1)CCCC2. The molecule has 15 heavy (non-hydrogen) atoms. The Morgan fingerprint density at radius 1 is 1.13 bits per heavy atom. The summed E-state index contributed by atoms with van der Waals surface area (Å²) < 4.78 is 0. The molecule has 0 bridgehead atoms. The highest BCUT2D eigenvalue weighted by atomic mass is 15.0. The molecule has 3 heteroatoms. The molecule has 0 spiro atoms. The smallest absolute Gasteiger partial charge is 0.133 e. The van der Waals surface area contributed by atoms with Crippen LogP contribution in [0.2, 0.25) is 0 Å². The van der Waals surface area contributed by atoms with E-state index in [1.807, 2.05) is 6.92 Å². The van der Waals surface area contributed by atoms with Gasteiger partial charge in [0.25, 0.3) is 0 Å². The van der Waals surface area contributed by atoms with Gasteiger partial charge in [-0.1, -0.05) is 0 Å². The van der Waals surface area contributed by atoms with E-state index >= 15 is 0 Å². The van der Waals surface area contributed by atoms with E-state index in [-0.39, 0.29) is 0 Å². The minimum atomic E-state index is 0.435. The molecule has 0 saturated heterocycles. The first-order valence-corrected chi connectivity index (χ1v) is 5.79. The number of rotatable bonds is 2. The lowest BCUT2D eigenvalue weighted by Crippen LogP contribution is -2.17. The van der Waals surface area contributed by atoms with Crippen molar-refractivity contribution in [2.45, 2.75) is 52.5 Å². The Labute approximate surface area is 91.3 Å². The Hall–Kier alpha value is -1.12. The van der Waals surface area contributed by atoms with Gasteiger partial charge >= 0.3 is 0 Å². The number of fused-ring (bicyclic) bond motifs is 1. The first-order chi connectivity index (χ1) is 7.16. The van der Waals surface area contributed by atoms with E-state index in [0.29, 0.717) is 6.04 Å². The molecule has 1 aromatic heterocycles. The van der Waals surface area contributed by atoms with Crippen molar-refractivity contribution in [3.8, 4) is 0 Å². The van der Waals surface area contributed by atoms with Gasteiger partial charge in [-0.15, -0.1) is 0 Å². The minimum absolute atomic E-state index is 0.435. The molecule has 3 nitrogen and oxygen atoms in total. The average Bonchev–Trinajstić information content (AvgIpc) is 2.16. The van der Waals surface area contributed by atoms with Crippen LogP contribution in [0, 0.1) is 6.92 Å². The van der Waals surface area contributed by atoms with Crippen molar-refractivity contribution >= 4 is 5.82 Å². The number of anilines is 1. The maximum absolute atomic E-state index is 4.53. The molecule has 0 radical (unpaired) electrons. The van der Waals surface area contributed by atoms with Crippen molar-refractivity contribution in [1.29, 1.82) is 0 Å². The summed E-state index contributed by atoms with van der Waals surface area (Å²) in [6.45, 7) is 6.26. The second-order valence-electron chi connectivity index (χ2n) is 4.55. The highest BCUT2D eigenvalue weighted by Gasteiger charge is 2.16. The van der Waals surface area contributed by atoms with E-state index in [4.69, 9.17) is 0 Å². The Bertz CT molecular complexity index is 358. The molecule has 1 aliphatic carbocycles. The Kier molecular flexibility index (Phi) is 2.89. The average molecular weight is 205 g/mol. The lowest BCUT2D eigenvalue weighted by atomic mass is 9.96. The largest absolute Gasteiger partial charge is 0.368 e. The fourth-order valence-electron chi connectivity index (χ4n) is 2.11. The van der Waals surface area contributed by atoms with Crippen LogP contribution in [0.3, 0.4) is 0 Å². The molecule has 1 aliphatic rings. The van der Waals surface area contributed by atoms with E-state index in [1.54, 1.807) is 0 Å². The summed E-state index contributed by atoms with van der Waals surface area (Å²) in [5.41, 5.74) is 2.61. The molecule has 0 aliphatic heterocycles. The molecule has 0 saturated carbocycles. The number of nitrogens with zero attached hydrogens (tertiary/aromatic N) is 2. The van der Waals surface area contributed by atoms with Gasteiger partial charge in [0.2, 0.25) is 0 Å². The molecular weight excluding hydrogens is 186 g/mol. The number of aryl methyl sites for hydroxylation is 2. The maximum Gasteiger partial charge on any atom is 0.133 e. The van der Waals surface area contributed by atoms with Crippen LogP contribution in [0.25, 0.3) is 0 Å². The molecular formula is C12H19N3. The minimum Gasteiger partial charge on any atom is -0.368 e. The van der Waals surface area contributed by atoms with Crippen LogP contribution in [0.5, 0.6) is 0 Å². The Balaban J connectivity index is 2.38. The number of nitrogens with one attached hydrogen (secondary N) is 1. The lowest BCUT2D eigenvalue weighted by Gasteiger charge is -2.20. The summed E-state index contributed by atoms with van der Waals surface area (Å²) in [5, 5.41) is 3.42. The van der Waals surface area contributed by atoms with Gasteiger partial charge in [0.1, 0.15) is 11.6 Å². The van der Waals surface area contributed by atoms with E-state index in [2.05, 4.69) is 29.1 Å². The van der Waals surface area contributed by atoms with Crippen molar-refractivity contribution < 1.29 is 0 Å². The van der Waals surface area contributed by atoms with Crippen LogP contribution in [0.1, 0.15) is 43.8 Å². The van der Waals surface area contributed by atoms with Gasteiger partial charge in [0.05, 0.1) is 0 Å². The highest BCUT2D eigenvalue weighted by Crippen LogP contribution is 2.25. The zero-order valence-electron chi connectivity index (χ0n) is 9.80. The van der Waals surface area contributed by atoms with E-state index in [0.717, 1.165) is 24.5 Å². The summed E-state index contributed by atoms with van der Waals surface area (Å²) in [4.78, 5) is 9.03. The second kappa shape index (κ2) is 4.17. The summed E-state index contributed by atoms with van der Waals surface area (Å²) in [6.07, 6.45) is 4.78. The van der Waals surface area contributed by atoms with E-state index in [1.165, 1.54) is 24.1 Å². The van der Waals surface area contributed by atoms with Crippen LogP contribution < -0.4 is 5.32 Å². The normalized spacial score (nSPS) is 15.2. The van der Waals surface area contributed by atoms with Crippen LogP contribution in [-0.4, -0.2) is 16.0 Å². The summed E-state index contributed by atoms with van der Waals surface area (Å²) in [6, 6.07) is 0.435. The van der Waals surface area contributed by atoms with Gasteiger partial charge in [0, 0.05) is 17.3 Å². The number of hydrogen-bond acceptors (Lipinski definition) is 3. The first kappa shape index (κ1) is 10.4. The standard InChI is InChI=1S/C12H19N3/c1-8(2)13-12-10-6-4-5-7-11(10)14-9(3)15-12/h8H,4-7H2,1-3H3,(H,13,14,15). The van der Waals surface area contributed by atoms with Gasteiger partial charge in [-0.3, -0.25) is 0 Å². The Morgan fingerprint density at radius 3 is 2.60 bits per heavy atom. The Morgan fingerprint density at radius 2 is 1.87 bits per heavy atom. The number of aromatic nitrogens is 2. The van der Waals surface area contributed by atoms with Crippen molar-refractivity contribution in [1.82, 2.24) is 9.97 Å². The predicted molar refractivity (Wildman–Crippen MR) is 62.2 cm³/mol. The van der Waals surface area contributed by atoms with Gasteiger partial charge in [-0.05, 0) is 46.5 Å². The van der Waals surface area contributed by atoms with Gasteiger partial charge < -0.3 is 5.32 Å². The maximum atomic E-state index is 4.53. The van der Waals surface area contributed by atoms with Gasteiger partial charge in [-0.2, -0.15) is 0 Å². The zero-order valence-corrected chi connectivity index (χ0v) is 9.80. The van der Waals surface area contributed by atoms with Crippen LogP contribution in [-0.2, 0) is 12.8 Å². The van der Waals surface area contributed by atoms with Crippen LogP contribution >= 0.6 is 0 Å². The number of hydrogen-bond donors (Lipinski definition) is 1. The molecule has 2 rings (SSSR count). The summed E-state index contributed by atoms with van der Waals surface area (Å²) in [7, 11) is 0. The first-order valence-electron chi connectivity index (χ1n) is 5.79. The third-order valence-electron chi connectivity index (χ3n) is 2.72. The van der Waals surface area contributed by atoms with E-state index < -0.39 is 0 Å². The summed E-state index contributed by atoms with van der Waals surface area (Å²) in [5.74, 6) is 1.95. The predicted octanol–water partition coefficient (Wildman–Crippen LogP) is 2.48. The quantitative estimate of drug-likeness (QED) is 0.806. The molecule has 0 amide bonds. The summed E-state index contributed by atoms with van der Waals surface area (Å²) >= 11 is 0. The van der Waals surface area contributed by atoms with Crippen molar-refractivity contribution in [3.63, 3.8) is 0 Å². The fraction of sp³-hybridized carbons (Fsp3) is 0.667. The lowest BCUT2D eigenvalue weighted by molar-refractivity contribution is 0.657. The van der Waals surface area contributed by atoms with Crippen molar-refractivity contribution in [2.24, 2.45) is 0 Å². The molecule has 0 atom stereocenters. The zero-order chi connectivity index (χ0) is 10.8. The topological polar surface area (TPSA) is 37.8 Å². The fourth-order valence-corrected chi connectivity index (χ4v) is 2.11. The van der Waals surface area contributed by atoms with Gasteiger partial charge in [0.15, 0.2) is 0 Å². The third-order valence-corrected chi connectivity index (χ3v) is 2.72. The molecule has 0 unspecified atom stereocenters. The molecule has 1 aromatic rings. The molecule has 0 fully saturated rings.